The van der Waals surface area contributed by atoms with E-state index in [2.05, 4.69) is 0 Å². The Morgan fingerprint density at radius 1 is 0.244 bits per heavy atom. The minimum atomic E-state index is -1.37. The van der Waals surface area contributed by atoms with Crippen LogP contribution in [0.2, 0.25) is 0 Å². The van der Waals surface area contributed by atoms with Gasteiger partial charge in [0.1, 0.15) is 0 Å². The van der Waals surface area contributed by atoms with Crippen LogP contribution in [0.5, 0.6) is 0 Å². The van der Waals surface area contributed by atoms with E-state index in [1.54, 1.807) is 0 Å². The molecule has 0 unspecified atom stereocenters. The molecule has 0 aromatic heterocycles. The zero-order valence-electron chi connectivity index (χ0n) is 22.8. The van der Waals surface area contributed by atoms with Crippen LogP contribution in [-0.4, -0.2) is 23.1 Å². The van der Waals surface area contributed by atoms with E-state index in [0.717, 1.165) is 33.4 Å². The molecule has 6 aromatic carbocycles. The standard InChI is InChI=1S/2C19H15O.Mg/c2*20-19(16-10-4-1-5-11-16,17-12-6-2-7-13-17)18-14-8-3-9-15-18;/h2*1-15H;/q2*-1;+2. The summed E-state index contributed by atoms with van der Waals surface area (Å²) in [6.45, 7) is 0. The second-order valence-electron chi connectivity index (χ2n) is 9.56. The van der Waals surface area contributed by atoms with Crippen LogP contribution in [0.15, 0.2) is 182 Å². The summed E-state index contributed by atoms with van der Waals surface area (Å²) in [6.07, 6.45) is 0. The van der Waals surface area contributed by atoms with Crippen LogP contribution in [0.1, 0.15) is 33.4 Å². The van der Waals surface area contributed by atoms with Gasteiger partial charge >= 0.3 is 23.1 Å². The van der Waals surface area contributed by atoms with E-state index in [-0.39, 0.29) is 23.1 Å². The molecule has 0 amide bonds. The molecule has 41 heavy (non-hydrogen) atoms. The van der Waals surface area contributed by atoms with Crippen LogP contribution >= 0.6 is 0 Å². The maximum Gasteiger partial charge on any atom is 2.00 e. The molecular formula is C38H30MgO2. The van der Waals surface area contributed by atoms with Crippen molar-refractivity contribution in [1.29, 1.82) is 0 Å². The van der Waals surface area contributed by atoms with Gasteiger partial charge in [-0.1, -0.05) is 182 Å². The molecule has 3 heteroatoms. The first-order valence-corrected chi connectivity index (χ1v) is 13.4. The van der Waals surface area contributed by atoms with E-state index in [0.29, 0.717) is 0 Å². The molecule has 0 aliphatic heterocycles. The van der Waals surface area contributed by atoms with Crippen LogP contribution in [0, 0.1) is 0 Å². The van der Waals surface area contributed by atoms with E-state index < -0.39 is 11.2 Å². The molecule has 6 rings (SSSR count). The number of hydrogen-bond donors (Lipinski definition) is 0. The molecule has 0 N–H and O–H groups in total. The van der Waals surface area contributed by atoms with Crippen molar-refractivity contribution < 1.29 is 10.2 Å². The van der Waals surface area contributed by atoms with Crippen molar-refractivity contribution in [3.63, 3.8) is 0 Å². The topological polar surface area (TPSA) is 46.1 Å². The molecule has 0 aliphatic carbocycles. The fraction of sp³-hybridized carbons (Fsp3) is 0.0526. The van der Waals surface area contributed by atoms with Crippen molar-refractivity contribution in [2.24, 2.45) is 0 Å². The van der Waals surface area contributed by atoms with Crippen molar-refractivity contribution in [3.05, 3.63) is 215 Å². The largest absolute Gasteiger partial charge is 2.00 e. The summed E-state index contributed by atoms with van der Waals surface area (Å²) in [6, 6.07) is 57.3. The average molecular weight is 543 g/mol. The Morgan fingerprint density at radius 2 is 0.366 bits per heavy atom. The van der Waals surface area contributed by atoms with E-state index in [1.165, 1.54) is 0 Å². The Morgan fingerprint density at radius 3 is 0.488 bits per heavy atom. The number of benzene rings is 6. The van der Waals surface area contributed by atoms with Gasteiger partial charge in [0, 0.05) is 0 Å². The Kier molecular flexibility index (Phi) is 10.3. The molecule has 0 heterocycles. The summed E-state index contributed by atoms with van der Waals surface area (Å²) < 4.78 is 0. The quantitative estimate of drug-likeness (QED) is 0.183. The third kappa shape index (κ3) is 6.50. The molecular weight excluding hydrogens is 513 g/mol. The molecule has 0 radical (unpaired) electrons. The van der Waals surface area contributed by atoms with Crippen molar-refractivity contribution >= 4 is 23.1 Å². The first-order valence-electron chi connectivity index (χ1n) is 13.4. The molecule has 0 bridgehead atoms. The Bertz CT molecular complexity index is 1260. The summed E-state index contributed by atoms with van der Waals surface area (Å²) in [7, 11) is 0. The summed E-state index contributed by atoms with van der Waals surface area (Å²) >= 11 is 0. The second-order valence-corrected chi connectivity index (χ2v) is 9.56. The monoisotopic (exact) mass is 542 g/mol. The summed E-state index contributed by atoms with van der Waals surface area (Å²) in [5.74, 6) is 0. The molecule has 0 saturated carbocycles. The molecule has 196 valence electrons. The normalized spacial score (nSPS) is 11.0. The van der Waals surface area contributed by atoms with Crippen LogP contribution < -0.4 is 10.2 Å². The van der Waals surface area contributed by atoms with Crippen molar-refractivity contribution in [1.82, 2.24) is 0 Å². The minimum absolute atomic E-state index is 0. The predicted molar refractivity (Wildman–Crippen MR) is 164 cm³/mol. The van der Waals surface area contributed by atoms with Crippen LogP contribution in [0.3, 0.4) is 0 Å². The van der Waals surface area contributed by atoms with Gasteiger partial charge in [-0.15, -0.1) is 0 Å². The van der Waals surface area contributed by atoms with Gasteiger partial charge in [0.15, 0.2) is 0 Å². The van der Waals surface area contributed by atoms with Crippen LogP contribution in [0.4, 0.5) is 0 Å². The van der Waals surface area contributed by atoms with E-state index in [4.69, 9.17) is 0 Å². The molecule has 0 spiro atoms. The van der Waals surface area contributed by atoms with Crippen molar-refractivity contribution in [2.75, 3.05) is 0 Å². The van der Waals surface area contributed by atoms with E-state index in [9.17, 15) is 10.2 Å². The SMILES string of the molecule is [Mg+2].[O-]C(c1ccccc1)(c1ccccc1)c1ccccc1.[O-]C(c1ccccc1)(c1ccccc1)c1ccccc1. The zero-order valence-corrected chi connectivity index (χ0v) is 24.3. The second kappa shape index (κ2) is 14.1. The number of rotatable bonds is 6. The van der Waals surface area contributed by atoms with Gasteiger partial charge in [0.2, 0.25) is 0 Å². The van der Waals surface area contributed by atoms with E-state index in [1.807, 2.05) is 182 Å². The van der Waals surface area contributed by atoms with Gasteiger partial charge < -0.3 is 10.2 Å². The fourth-order valence-electron chi connectivity index (χ4n) is 5.04. The smallest absolute Gasteiger partial charge is 0.839 e. The van der Waals surface area contributed by atoms with E-state index >= 15 is 0 Å². The summed E-state index contributed by atoms with van der Waals surface area (Å²) in [5, 5.41) is 27.4. The summed E-state index contributed by atoms with van der Waals surface area (Å²) in [5.41, 5.74) is 1.83. The molecule has 0 saturated heterocycles. The van der Waals surface area contributed by atoms with Gasteiger partial charge in [0.05, 0.1) is 0 Å². The fourth-order valence-corrected chi connectivity index (χ4v) is 5.04. The molecule has 0 aliphatic rings. The van der Waals surface area contributed by atoms with Gasteiger partial charge in [-0.05, 0) is 44.6 Å². The first-order chi connectivity index (χ1) is 19.6. The van der Waals surface area contributed by atoms with Crippen molar-refractivity contribution in [2.45, 2.75) is 11.2 Å². The van der Waals surface area contributed by atoms with Crippen LogP contribution in [0.25, 0.3) is 0 Å². The maximum atomic E-state index is 13.7. The van der Waals surface area contributed by atoms with Gasteiger partial charge in [0.25, 0.3) is 0 Å². The minimum Gasteiger partial charge on any atom is -0.839 e. The predicted octanol–water partition coefficient (Wildman–Crippen LogP) is 6.30. The molecule has 2 nitrogen and oxygen atoms in total. The molecule has 6 aromatic rings. The molecule has 0 fully saturated rings. The zero-order chi connectivity index (χ0) is 27.7. The maximum absolute atomic E-state index is 13.7. The first kappa shape index (κ1) is 30.0. The van der Waals surface area contributed by atoms with Gasteiger partial charge in [-0.2, -0.15) is 0 Å². The van der Waals surface area contributed by atoms with Gasteiger partial charge in [-0.3, -0.25) is 0 Å². The Hall–Kier alpha value is -3.99. The Labute approximate surface area is 258 Å². The molecule has 0 atom stereocenters. The Balaban J connectivity index is 0.000000184. The average Bonchev–Trinajstić information content (AvgIpc) is 3.07. The van der Waals surface area contributed by atoms with Crippen LogP contribution in [-0.2, 0) is 11.2 Å². The third-order valence-corrected chi connectivity index (χ3v) is 7.08. The number of hydrogen-bond acceptors (Lipinski definition) is 2. The van der Waals surface area contributed by atoms with Crippen molar-refractivity contribution in [3.8, 4) is 0 Å². The summed E-state index contributed by atoms with van der Waals surface area (Å²) in [4.78, 5) is 0. The van der Waals surface area contributed by atoms with Gasteiger partial charge in [-0.25, -0.2) is 0 Å². The third-order valence-electron chi connectivity index (χ3n) is 7.08.